The third kappa shape index (κ3) is 7.88. The zero-order valence-corrected chi connectivity index (χ0v) is 14.3. The lowest BCUT2D eigenvalue weighted by atomic mass is 9.80. The molecule has 1 N–H and O–H groups in total. The highest BCUT2D eigenvalue weighted by atomic mass is 127. The second kappa shape index (κ2) is 10.8. The maximum Gasteiger partial charge on any atom is 0.0181 e. The summed E-state index contributed by atoms with van der Waals surface area (Å²) in [6.07, 6.45) is 9.36. The van der Waals surface area contributed by atoms with Crippen LogP contribution in [0.3, 0.4) is 0 Å². The van der Waals surface area contributed by atoms with Crippen molar-refractivity contribution in [1.29, 1.82) is 0 Å². The van der Waals surface area contributed by atoms with Crippen molar-refractivity contribution in [3.05, 3.63) is 0 Å². The predicted molar refractivity (Wildman–Crippen MR) is 85.7 cm³/mol. The Morgan fingerprint density at radius 2 is 1.44 bits per heavy atom. The molecule has 0 radical (unpaired) electrons. The number of rotatable bonds is 9. The Bertz CT molecular complexity index is 138. The molecule has 0 spiro atoms. The first-order chi connectivity index (χ1) is 7.10. The molecule has 2 heteroatoms. The summed E-state index contributed by atoms with van der Waals surface area (Å²) in [4.78, 5) is 0. The summed E-state index contributed by atoms with van der Waals surface area (Å²) in [6.45, 7) is 9.25. The molecule has 16 heavy (non-hydrogen) atoms. The smallest absolute Gasteiger partial charge is 0.0181 e. The van der Waals surface area contributed by atoms with Gasteiger partial charge in [-0.15, -0.1) is 24.0 Å². The summed E-state index contributed by atoms with van der Waals surface area (Å²) >= 11 is 0. The van der Waals surface area contributed by atoms with Crippen molar-refractivity contribution >= 4 is 24.0 Å². The zero-order chi connectivity index (χ0) is 11.7. The number of nitrogens with one attached hydrogen (secondary N) is 1. The van der Waals surface area contributed by atoms with Crippen LogP contribution in [0.1, 0.15) is 72.6 Å². The second-order valence-electron chi connectivity index (χ2n) is 5.34. The first-order valence-corrected chi connectivity index (χ1v) is 6.79. The van der Waals surface area contributed by atoms with Crippen molar-refractivity contribution in [3.8, 4) is 0 Å². The maximum absolute atomic E-state index is 3.62. The molecule has 0 aromatic heterocycles. The van der Waals surface area contributed by atoms with E-state index in [-0.39, 0.29) is 24.0 Å². The molecule has 100 valence electrons. The third-order valence-electron chi connectivity index (χ3n) is 3.35. The van der Waals surface area contributed by atoms with Gasteiger partial charge in [0.2, 0.25) is 0 Å². The van der Waals surface area contributed by atoms with Gasteiger partial charge in [0, 0.05) is 5.54 Å². The Morgan fingerprint density at radius 1 is 1.00 bits per heavy atom. The molecule has 0 aliphatic rings. The van der Waals surface area contributed by atoms with Crippen LogP contribution in [0.15, 0.2) is 0 Å². The van der Waals surface area contributed by atoms with Gasteiger partial charge in [-0.25, -0.2) is 0 Å². The monoisotopic (exact) mass is 341 g/mol. The minimum atomic E-state index is 0. The van der Waals surface area contributed by atoms with E-state index in [2.05, 4.69) is 40.1 Å². The number of hydrogen-bond acceptors (Lipinski definition) is 1. The van der Waals surface area contributed by atoms with Crippen LogP contribution in [0, 0.1) is 5.92 Å². The molecule has 0 aliphatic heterocycles. The molecule has 0 unspecified atom stereocenters. The first kappa shape index (κ1) is 19.0. The summed E-state index contributed by atoms with van der Waals surface area (Å²) in [7, 11) is 2.15. The van der Waals surface area contributed by atoms with E-state index in [0.29, 0.717) is 5.54 Å². The van der Waals surface area contributed by atoms with Gasteiger partial charge in [0.25, 0.3) is 0 Å². The van der Waals surface area contributed by atoms with E-state index in [1.807, 2.05) is 0 Å². The average molecular weight is 341 g/mol. The van der Waals surface area contributed by atoms with Gasteiger partial charge in [0.15, 0.2) is 0 Å². The number of halogens is 1. The molecule has 0 aromatic rings. The van der Waals surface area contributed by atoms with Crippen LogP contribution >= 0.6 is 24.0 Å². The van der Waals surface area contributed by atoms with Gasteiger partial charge < -0.3 is 5.32 Å². The zero-order valence-electron chi connectivity index (χ0n) is 11.9. The van der Waals surface area contributed by atoms with E-state index in [4.69, 9.17) is 0 Å². The second-order valence-corrected chi connectivity index (χ2v) is 5.34. The molecular formula is C14H32IN. The fourth-order valence-electron chi connectivity index (χ4n) is 2.49. The van der Waals surface area contributed by atoms with Gasteiger partial charge in [0.1, 0.15) is 0 Å². The molecule has 0 amide bonds. The Balaban J connectivity index is 0. The van der Waals surface area contributed by atoms with Gasteiger partial charge in [-0.2, -0.15) is 0 Å². The van der Waals surface area contributed by atoms with Crippen LogP contribution in [0.25, 0.3) is 0 Å². The first-order valence-electron chi connectivity index (χ1n) is 6.79. The van der Waals surface area contributed by atoms with E-state index in [1.165, 1.54) is 44.9 Å². The Kier molecular flexibility index (Phi) is 12.9. The van der Waals surface area contributed by atoms with E-state index >= 15 is 0 Å². The Morgan fingerprint density at radius 3 is 1.69 bits per heavy atom. The molecule has 1 nitrogen and oxygen atoms in total. The van der Waals surface area contributed by atoms with E-state index in [1.54, 1.807) is 0 Å². The Hall–Kier alpha value is 0.690. The summed E-state index contributed by atoms with van der Waals surface area (Å²) in [5.74, 6) is 0.797. The lowest BCUT2D eigenvalue weighted by Gasteiger charge is -2.35. The maximum atomic E-state index is 3.62. The summed E-state index contributed by atoms with van der Waals surface area (Å²) in [5, 5.41) is 3.62. The minimum absolute atomic E-state index is 0. The molecule has 0 saturated heterocycles. The van der Waals surface area contributed by atoms with Crippen molar-refractivity contribution in [3.63, 3.8) is 0 Å². The topological polar surface area (TPSA) is 12.0 Å². The van der Waals surface area contributed by atoms with E-state index in [0.717, 1.165) is 5.92 Å². The van der Waals surface area contributed by atoms with Crippen molar-refractivity contribution < 1.29 is 0 Å². The highest BCUT2D eigenvalue weighted by Crippen LogP contribution is 2.28. The Labute approximate surface area is 120 Å². The van der Waals surface area contributed by atoms with Crippen LogP contribution in [-0.4, -0.2) is 12.6 Å². The highest BCUT2D eigenvalue weighted by Gasteiger charge is 2.27. The third-order valence-corrected chi connectivity index (χ3v) is 3.35. The normalized spacial score (nSPS) is 11.6. The molecule has 0 rings (SSSR count). The standard InChI is InChI=1S/C14H31N.HI/c1-6-8-10-14(15-5,11-9-7-2)12-13(3)4;/h13,15H,6-12H2,1-5H3;1H. The SMILES string of the molecule is CCCCC(CCCC)(CC(C)C)NC.I. The van der Waals surface area contributed by atoms with Crippen molar-refractivity contribution in [2.45, 2.75) is 78.2 Å². The van der Waals surface area contributed by atoms with Crippen LogP contribution in [0.4, 0.5) is 0 Å². The van der Waals surface area contributed by atoms with E-state index < -0.39 is 0 Å². The van der Waals surface area contributed by atoms with Crippen LogP contribution in [-0.2, 0) is 0 Å². The molecule has 0 saturated carbocycles. The lowest BCUT2D eigenvalue weighted by molar-refractivity contribution is 0.236. The summed E-state index contributed by atoms with van der Waals surface area (Å²) in [5.41, 5.74) is 0.417. The number of unbranched alkanes of at least 4 members (excludes halogenated alkanes) is 2. The molecule has 0 aromatic carbocycles. The quantitative estimate of drug-likeness (QED) is 0.583. The summed E-state index contributed by atoms with van der Waals surface area (Å²) < 4.78 is 0. The fourth-order valence-corrected chi connectivity index (χ4v) is 2.49. The fraction of sp³-hybridized carbons (Fsp3) is 1.00. The molecular weight excluding hydrogens is 309 g/mol. The van der Waals surface area contributed by atoms with Crippen LogP contribution < -0.4 is 5.32 Å². The van der Waals surface area contributed by atoms with Gasteiger partial charge in [-0.3, -0.25) is 0 Å². The average Bonchev–Trinajstić information content (AvgIpc) is 2.22. The van der Waals surface area contributed by atoms with Crippen LogP contribution in [0.2, 0.25) is 0 Å². The lowest BCUT2D eigenvalue weighted by Crippen LogP contribution is -2.44. The van der Waals surface area contributed by atoms with Crippen molar-refractivity contribution in [2.24, 2.45) is 5.92 Å². The molecule has 0 fully saturated rings. The van der Waals surface area contributed by atoms with Crippen molar-refractivity contribution in [1.82, 2.24) is 5.32 Å². The minimum Gasteiger partial charge on any atom is -0.314 e. The predicted octanol–water partition coefficient (Wildman–Crippen LogP) is 4.99. The highest BCUT2D eigenvalue weighted by molar-refractivity contribution is 14.0. The largest absolute Gasteiger partial charge is 0.314 e. The van der Waals surface area contributed by atoms with Gasteiger partial charge in [-0.1, -0.05) is 53.4 Å². The van der Waals surface area contributed by atoms with E-state index in [9.17, 15) is 0 Å². The van der Waals surface area contributed by atoms with Gasteiger partial charge in [0.05, 0.1) is 0 Å². The van der Waals surface area contributed by atoms with Gasteiger partial charge in [-0.05, 0) is 32.2 Å². The summed E-state index contributed by atoms with van der Waals surface area (Å²) in [6, 6.07) is 0. The molecule has 0 aliphatic carbocycles. The van der Waals surface area contributed by atoms with Gasteiger partial charge >= 0.3 is 0 Å². The molecule has 0 heterocycles. The van der Waals surface area contributed by atoms with Crippen LogP contribution in [0.5, 0.6) is 0 Å². The number of hydrogen-bond donors (Lipinski definition) is 1. The van der Waals surface area contributed by atoms with Crippen molar-refractivity contribution in [2.75, 3.05) is 7.05 Å². The molecule has 0 atom stereocenters. The molecule has 0 bridgehead atoms.